The van der Waals surface area contributed by atoms with E-state index in [4.69, 9.17) is 9.15 Å². The van der Waals surface area contributed by atoms with Gasteiger partial charge in [0.25, 0.3) is 5.91 Å². The van der Waals surface area contributed by atoms with Crippen molar-refractivity contribution in [1.82, 2.24) is 10.2 Å². The van der Waals surface area contributed by atoms with Crippen molar-refractivity contribution in [2.75, 3.05) is 20.2 Å². The number of hydrogen-bond donors (Lipinski definition) is 1. The van der Waals surface area contributed by atoms with Crippen molar-refractivity contribution in [3.05, 3.63) is 94.4 Å². The molecule has 2 atom stereocenters. The van der Waals surface area contributed by atoms with E-state index in [9.17, 15) is 4.79 Å². The molecule has 1 amide bonds. The number of furan rings is 1. The average Bonchev–Trinajstić information content (AvgIpc) is 3.41. The summed E-state index contributed by atoms with van der Waals surface area (Å²) in [6.45, 7) is 7.30. The standard InChI is InChI=1S/C28H32N2O3/c1-19-15-20(2)17-21(16-19)18-30-12-10-28(11-13-30)23-8-5-4-7-22(23)25(26(28)32-3)29-27(31)24-9-6-14-33-24/h4-9,14-17,25-26H,10-13,18H2,1-3H3,(H,29,31)/t25-,26+/m1/s1. The number of benzene rings is 2. The second-order valence-corrected chi connectivity index (χ2v) is 9.60. The number of nitrogens with zero attached hydrogens (tertiary/aromatic N) is 1. The second-order valence-electron chi connectivity index (χ2n) is 9.60. The Labute approximate surface area is 195 Å². The van der Waals surface area contributed by atoms with Gasteiger partial charge in [-0.25, -0.2) is 0 Å². The van der Waals surface area contributed by atoms with E-state index in [2.05, 4.69) is 60.5 Å². The minimum absolute atomic E-state index is 0.106. The van der Waals surface area contributed by atoms with Crippen LogP contribution in [0.2, 0.25) is 0 Å². The molecule has 0 saturated carbocycles. The van der Waals surface area contributed by atoms with E-state index < -0.39 is 0 Å². The maximum Gasteiger partial charge on any atom is 0.287 e. The van der Waals surface area contributed by atoms with Gasteiger partial charge in [0, 0.05) is 19.1 Å². The van der Waals surface area contributed by atoms with Crippen LogP contribution >= 0.6 is 0 Å². The topological polar surface area (TPSA) is 54.7 Å². The van der Waals surface area contributed by atoms with E-state index in [0.29, 0.717) is 5.76 Å². The highest BCUT2D eigenvalue weighted by Gasteiger charge is 2.54. The van der Waals surface area contributed by atoms with Crippen LogP contribution in [0.4, 0.5) is 0 Å². The summed E-state index contributed by atoms with van der Waals surface area (Å²) in [5.41, 5.74) is 6.38. The van der Waals surface area contributed by atoms with E-state index in [1.54, 1.807) is 19.2 Å². The lowest BCUT2D eigenvalue weighted by atomic mass is 9.71. The fraction of sp³-hybridized carbons (Fsp3) is 0.393. The highest BCUT2D eigenvalue weighted by Crippen LogP contribution is 2.52. The molecular formula is C28H32N2O3. The minimum Gasteiger partial charge on any atom is -0.459 e. The zero-order valence-corrected chi connectivity index (χ0v) is 19.6. The molecule has 1 aliphatic heterocycles. The molecule has 1 aliphatic carbocycles. The molecule has 5 nitrogen and oxygen atoms in total. The Hall–Kier alpha value is -2.89. The van der Waals surface area contributed by atoms with Crippen LogP contribution in [-0.4, -0.2) is 37.1 Å². The third-order valence-corrected chi connectivity index (χ3v) is 7.40. The highest BCUT2D eigenvalue weighted by atomic mass is 16.5. The second kappa shape index (κ2) is 8.81. The Balaban J connectivity index is 1.38. The lowest BCUT2D eigenvalue weighted by Gasteiger charge is -2.44. The van der Waals surface area contributed by atoms with Gasteiger partial charge in [-0.1, -0.05) is 53.6 Å². The molecular weight excluding hydrogens is 412 g/mol. The molecule has 2 aliphatic rings. The molecule has 0 bridgehead atoms. The highest BCUT2D eigenvalue weighted by molar-refractivity contribution is 5.91. The molecule has 172 valence electrons. The summed E-state index contributed by atoms with van der Waals surface area (Å²) >= 11 is 0. The van der Waals surface area contributed by atoms with E-state index in [-0.39, 0.29) is 23.5 Å². The first kappa shape index (κ1) is 21.9. The van der Waals surface area contributed by atoms with E-state index in [1.165, 1.54) is 28.5 Å². The van der Waals surface area contributed by atoms with Gasteiger partial charge in [-0.2, -0.15) is 0 Å². The number of fused-ring (bicyclic) bond motifs is 2. The van der Waals surface area contributed by atoms with Gasteiger partial charge in [0.05, 0.1) is 18.4 Å². The maximum atomic E-state index is 12.8. The molecule has 1 N–H and O–H groups in total. The van der Waals surface area contributed by atoms with E-state index in [0.717, 1.165) is 38.0 Å². The van der Waals surface area contributed by atoms with Gasteiger partial charge in [-0.3, -0.25) is 9.69 Å². The molecule has 0 radical (unpaired) electrons. The zero-order valence-electron chi connectivity index (χ0n) is 19.6. The summed E-state index contributed by atoms with van der Waals surface area (Å²) < 4.78 is 11.5. The van der Waals surface area contributed by atoms with Gasteiger partial charge < -0.3 is 14.5 Å². The van der Waals surface area contributed by atoms with Crippen LogP contribution < -0.4 is 5.32 Å². The van der Waals surface area contributed by atoms with Crippen molar-refractivity contribution in [2.45, 2.75) is 50.8 Å². The van der Waals surface area contributed by atoms with Crippen LogP contribution in [0.25, 0.3) is 0 Å². The fourth-order valence-corrected chi connectivity index (χ4v) is 6.07. The van der Waals surface area contributed by atoms with Gasteiger partial charge in [0.15, 0.2) is 5.76 Å². The van der Waals surface area contributed by atoms with Crippen LogP contribution in [0.5, 0.6) is 0 Å². The third-order valence-electron chi connectivity index (χ3n) is 7.40. The van der Waals surface area contributed by atoms with Gasteiger partial charge in [-0.05, 0) is 68.6 Å². The van der Waals surface area contributed by atoms with Crippen molar-refractivity contribution in [3.8, 4) is 0 Å². The average molecular weight is 445 g/mol. The number of ether oxygens (including phenoxy) is 1. The monoisotopic (exact) mass is 444 g/mol. The number of hydrogen-bond acceptors (Lipinski definition) is 4. The third kappa shape index (κ3) is 4.00. The number of likely N-dealkylation sites (tertiary alicyclic amines) is 1. The molecule has 33 heavy (non-hydrogen) atoms. The lowest BCUT2D eigenvalue weighted by Crippen LogP contribution is -2.50. The molecule has 5 heteroatoms. The lowest BCUT2D eigenvalue weighted by molar-refractivity contribution is -0.0124. The van der Waals surface area contributed by atoms with Crippen molar-refractivity contribution in [1.29, 1.82) is 0 Å². The quantitative estimate of drug-likeness (QED) is 0.606. The maximum absolute atomic E-state index is 12.8. The Morgan fingerprint density at radius 3 is 2.48 bits per heavy atom. The van der Waals surface area contributed by atoms with Gasteiger partial charge in [0.1, 0.15) is 0 Å². The summed E-state index contributed by atoms with van der Waals surface area (Å²) in [7, 11) is 1.77. The number of aryl methyl sites for hydroxylation is 2. The van der Waals surface area contributed by atoms with Crippen molar-refractivity contribution < 1.29 is 13.9 Å². The van der Waals surface area contributed by atoms with Crippen molar-refractivity contribution in [3.63, 3.8) is 0 Å². The first-order chi connectivity index (χ1) is 16.0. The molecule has 1 saturated heterocycles. The number of piperidine rings is 1. The Kier molecular flexibility index (Phi) is 5.85. The molecule has 1 aromatic heterocycles. The summed E-state index contributed by atoms with van der Waals surface area (Å²) in [5, 5.41) is 3.20. The fourth-order valence-electron chi connectivity index (χ4n) is 6.07. The largest absolute Gasteiger partial charge is 0.459 e. The molecule has 5 rings (SSSR count). The number of carbonyl (C=O) groups excluding carboxylic acids is 1. The predicted octanol–water partition coefficient (Wildman–Crippen LogP) is 4.93. The molecule has 3 aromatic rings. The first-order valence-corrected chi connectivity index (χ1v) is 11.8. The summed E-state index contributed by atoms with van der Waals surface area (Å²) in [6.07, 6.45) is 3.41. The summed E-state index contributed by atoms with van der Waals surface area (Å²) in [5.74, 6) is 0.123. The molecule has 2 aromatic carbocycles. The number of carbonyl (C=O) groups is 1. The first-order valence-electron chi connectivity index (χ1n) is 11.8. The van der Waals surface area contributed by atoms with Gasteiger partial charge >= 0.3 is 0 Å². The molecule has 2 heterocycles. The normalized spacial score (nSPS) is 21.8. The summed E-state index contributed by atoms with van der Waals surface area (Å²) in [6, 6.07) is 18.5. The van der Waals surface area contributed by atoms with Crippen molar-refractivity contribution >= 4 is 5.91 Å². The Bertz CT molecular complexity index is 1110. The van der Waals surface area contributed by atoms with Crippen LogP contribution in [0, 0.1) is 13.8 Å². The smallest absolute Gasteiger partial charge is 0.287 e. The number of methoxy groups -OCH3 is 1. The Morgan fingerprint density at radius 2 is 1.82 bits per heavy atom. The van der Waals surface area contributed by atoms with Crippen LogP contribution in [-0.2, 0) is 16.7 Å². The molecule has 1 fully saturated rings. The van der Waals surface area contributed by atoms with E-state index >= 15 is 0 Å². The number of rotatable bonds is 5. The zero-order chi connectivity index (χ0) is 23.0. The SMILES string of the molecule is CO[C@H]1[C@H](NC(=O)c2ccco2)c2ccccc2C12CCN(Cc1cc(C)cc(C)c1)CC2. The van der Waals surface area contributed by atoms with Crippen LogP contribution in [0.15, 0.2) is 65.3 Å². The summed E-state index contributed by atoms with van der Waals surface area (Å²) in [4.78, 5) is 15.4. The minimum atomic E-state index is -0.203. The number of nitrogens with one attached hydrogen (secondary N) is 1. The predicted molar refractivity (Wildman–Crippen MR) is 128 cm³/mol. The number of amides is 1. The van der Waals surface area contributed by atoms with Crippen molar-refractivity contribution in [2.24, 2.45) is 0 Å². The van der Waals surface area contributed by atoms with Crippen LogP contribution in [0.3, 0.4) is 0 Å². The molecule has 0 unspecified atom stereocenters. The van der Waals surface area contributed by atoms with E-state index in [1.807, 2.05) is 6.07 Å². The molecule has 1 spiro atoms. The Morgan fingerprint density at radius 1 is 1.09 bits per heavy atom. The van der Waals surface area contributed by atoms with Gasteiger partial charge in [0.2, 0.25) is 0 Å². The van der Waals surface area contributed by atoms with Gasteiger partial charge in [-0.15, -0.1) is 0 Å². The van der Waals surface area contributed by atoms with Crippen LogP contribution in [0.1, 0.15) is 57.3 Å².